The number of allylic oxidation sites excluding steroid dienone is 2. The Hall–Kier alpha value is -1.07. The lowest BCUT2D eigenvalue weighted by Gasteiger charge is -2.17. The van der Waals surface area contributed by atoms with Crippen LogP contribution in [0.25, 0.3) is 0 Å². The highest BCUT2D eigenvalue weighted by Crippen LogP contribution is 2.37. The average molecular weight is 236 g/mol. The van der Waals surface area contributed by atoms with Crippen molar-refractivity contribution < 1.29 is 19.2 Å². The fourth-order valence-corrected chi connectivity index (χ4v) is 2.45. The highest BCUT2D eigenvalue weighted by molar-refractivity contribution is 6.55. The van der Waals surface area contributed by atoms with Gasteiger partial charge in [0.25, 0.3) is 0 Å². The van der Waals surface area contributed by atoms with Crippen LogP contribution in [0.1, 0.15) is 33.1 Å². The standard InChI is InChI=1S/C12H17BO4/c1-3-16-11(14)7-10-12-8(2)5-4-6-9(12)13(15)17-10/h6,10,15H,3-5,7H2,1-2H3. The van der Waals surface area contributed by atoms with Crippen molar-refractivity contribution in [1.82, 2.24) is 0 Å². The minimum absolute atomic E-state index is 0.176. The molecule has 0 bridgehead atoms. The number of esters is 1. The smallest absolute Gasteiger partial charge is 0.466 e. The summed E-state index contributed by atoms with van der Waals surface area (Å²) < 4.78 is 10.3. The minimum atomic E-state index is -0.889. The van der Waals surface area contributed by atoms with E-state index in [-0.39, 0.29) is 18.5 Å². The fraction of sp³-hybridized carbons (Fsp3) is 0.583. The maximum atomic E-state index is 11.5. The third kappa shape index (κ3) is 2.45. The number of hydrogen-bond acceptors (Lipinski definition) is 4. The number of ether oxygens (including phenoxy) is 1. The van der Waals surface area contributed by atoms with E-state index in [0.29, 0.717) is 6.61 Å². The van der Waals surface area contributed by atoms with Gasteiger partial charge in [0.05, 0.1) is 19.1 Å². The van der Waals surface area contributed by atoms with Crippen molar-refractivity contribution in [1.29, 1.82) is 0 Å². The van der Waals surface area contributed by atoms with E-state index < -0.39 is 7.12 Å². The first-order valence-electron chi connectivity index (χ1n) is 6.02. The SMILES string of the molecule is CCOC(=O)CC1OB(O)C2=CCCC(C)=C21. The summed E-state index contributed by atoms with van der Waals surface area (Å²) in [4.78, 5) is 11.5. The molecule has 1 unspecified atom stereocenters. The van der Waals surface area contributed by atoms with Crippen LogP contribution in [0.15, 0.2) is 22.7 Å². The molecule has 0 aromatic carbocycles. The average Bonchev–Trinajstić information content (AvgIpc) is 2.57. The molecule has 1 aliphatic heterocycles. The van der Waals surface area contributed by atoms with Crippen LogP contribution in [0.5, 0.6) is 0 Å². The fourth-order valence-electron chi connectivity index (χ4n) is 2.45. The van der Waals surface area contributed by atoms with Gasteiger partial charge in [0.1, 0.15) is 0 Å². The number of fused-ring (bicyclic) bond motifs is 1. The Balaban J connectivity index is 2.14. The van der Waals surface area contributed by atoms with E-state index in [9.17, 15) is 9.82 Å². The van der Waals surface area contributed by atoms with Crippen molar-refractivity contribution in [2.24, 2.45) is 0 Å². The van der Waals surface area contributed by atoms with E-state index in [4.69, 9.17) is 9.39 Å². The molecule has 1 heterocycles. The van der Waals surface area contributed by atoms with Gasteiger partial charge in [0.15, 0.2) is 0 Å². The monoisotopic (exact) mass is 236 g/mol. The summed E-state index contributed by atoms with van der Waals surface area (Å²) in [5.41, 5.74) is 3.04. The molecular weight excluding hydrogens is 219 g/mol. The van der Waals surface area contributed by atoms with Crippen molar-refractivity contribution in [2.75, 3.05) is 6.61 Å². The molecule has 0 radical (unpaired) electrons. The predicted octanol–water partition coefficient (Wildman–Crippen LogP) is 1.39. The van der Waals surface area contributed by atoms with Crippen molar-refractivity contribution >= 4 is 13.1 Å². The Kier molecular flexibility index (Phi) is 3.69. The maximum Gasteiger partial charge on any atom is 0.491 e. The molecule has 0 spiro atoms. The summed E-state index contributed by atoms with van der Waals surface area (Å²) in [5.74, 6) is -0.281. The van der Waals surface area contributed by atoms with Crippen LogP contribution in [0, 0.1) is 0 Å². The lowest BCUT2D eigenvalue weighted by molar-refractivity contribution is -0.144. The molecular formula is C12H17BO4. The summed E-state index contributed by atoms with van der Waals surface area (Å²) in [5, 5.41) is 9.78. The van der Waals surface area contributed by atoms with Crippen LogP contribution < -0.4 is 0 Å². The molecule has 2 rings (SSSR count). The van der Waals surface area contributed by atoms with Crippen LogP contribution in [0.4, 0.5) is 0 Å². The predicted molar refractivity (Wildman–Crippen MR) is 64.1 cm³/mol. The molecule has 1 aliphatic carbocycles. The Morgan fingerprint density at radius 1 is 1.71 bits per heavy atom. The van der Waals surface area contributed by atoms with E-state index in [1.54, 1.807) is 6.92 Å². The molecule has 5 heteroatoms. The van der Waals surface area contributed by atoms with Crippen molar-refractivity contribution in [3.8, 4) is 0 Å². The molecule has 0 aromatic rings. The second-order valence-corrected chi connectivity index (χ2v) is 4.38. The molecule has 1 N–H and O–H groups in total. The summed E-state index contributed by atoms with van der Waals surface area (Å²) in [6.45, 7) is 4.18. The molecule has 4 nitrogen and oxygen atoms in total. The van der Waals surface area contributed by atoms with Crippen LogP contribution in [0.3, 0.4) is 0 Å². The van der Waals surface area contributed by atoms with E-state index in [2.05, 4.69) is 0 Å². The number of hydrogen-bond donors (Lipinski definition) is 1. The highest BCUT2D eigenvalue weighted by Gasteiger charge is 2.41. The van der Waals surface area contributed by atoms with Crippen LogP contribution in [0.2, 0.25) is 0 Å². The maximum absolute atomic E-state index is 11.5. The van der Waals surface area contributed by atoms with Crippen molar-refractivity contribution in [3.63, 3.8) is 0 Å². The zero-order valence-corrected chi connectivity index (χ0v) is 10.2. The summed E-state index contributed by atoms with van der Waals surface area (Å²) in [7, 11) is -0.889. The molecule has 1 saturated heterocycles. The van der Waals surface area contributed by atoms with Gasteiger partial charge in [-0.1, -0.05) is 11.6 Å². The van der Waals surface area contributed by atoms with Crippen LogP contribution in [-0.2, 0) is 14.2 Å². The summed E-state index contributed by atoms with van der Waals surface area (Å²) in [6, 6.07) is 0. The van der Waals surface area contributed by atoms with Gasteiger partial charge in [-0.3, -0.25) is 4.79 Å². The molecule has 92 valence electrons. The van der Waals surface area contributed by atoms with Crippen molar-refractivity contribution in [3.05, 3.63) is 22.7 Å². The lowest BCUT2D eigenvalue weighted by Crippen LogP contribution is -2.20. The second kappa shape index (κ2) is 5.06. The van der Waals surface area contributed by atoms with Gasteiger partial charge in [-0.15, -0.1) is 0 Å². The van der Waals surface area contributed by atoms with E-state index in [0.717, 1.165) is 23.9 Å². The lowest BCUT2D eigenvalue weighted by atomic mass is 9.72. The summed E-state index contributed by atoms with van der Waals surface area (Å²) in [6.07, 6.45) is 3.72. The Morgan fingerprint density at radius 2 is 2.47 bits per heavy atom. The molecule has 1 fully saturated rings. The number of carbonyl (C=O) groups is 1. The summed E-state index contributed by atoms with van der Waals surface area (Å²) >= 11 is 0. The number of carbonyl (C=O) groups excluding carboxylic acids is 1. The first-order chi connectivity index (χ1) is 8.13. The molecule has 0 aromatic heterocycles. The third-order valence-corrected chi connectivity index (χ3v) is 3.19. The van der Waals surface area contributed by atoms with Gasteiger partial charge >= 0.3 is 13.1 Å². The third-order valence-electron chi connectivity index (χ3n) is 3.19. The molecule has 2 aliphatic rings. The van der Waals surface area contributed by atoms with Gasteiger partial charge in [-0.2, -0.15) is 0 Å². The normalized spacial score (nSPS) is 23.6. The highest BCUT2D eigenvalue weighted by atomic mass is 16.5. The first-order valence-corrected chi connectivity index (χ1v) is 6.02. The Bertz CT molecular complexity index is 386. The van der Waals surface area contributed by atoms with Crippen LogP contribution in [-0.4, -0.2) is 30.8 Å². The van der Waals surface area contributed by atoms with E-state index >= 15 is 0 Å². The quantitative estimate of drug-likeness (QED) is 0.594. The van der Waals surface area contributed by atoms with Gasteiger partial charge in [-0.05, 0) is 37.7 Å². The largest absolute Gasteiger partial charge is 0.491 e. The topological polar surface area (TPSA) is 55.8 Å². The van der Waals surface area contributed by atoms with Gasteiger partial charge in [0, 0.05) is 0 Å². The van der Waals surface area contributed by atoms with E-state index in [1.807, 2.05) is 13.0 Å². The Labute approximate surface area is 101 Å². The Morgan fingerprint density at radius 3 is 3.18 bits per heavy atom. The number of rotatable bonds is 3. The molecule has 0 amide bonds. The van der Waals surface area contributed by atoms with E-state index in [1.165, 1.54) is 5.57 Å². The molecule has 1 atom stereocenters. The molecule has 0 saturated carbocycles. The second-order valence-electron chi connectivity index (χ2n) is 4.38. The van der Waals surface area contributed by atoms with Gasteiger partial charge < -0.3 is 14.4 Å². The van der Waals surface area contributed by atoms with Gasteiger partial charge in [-0.25, -0.2) is 0 Å². The first kappa shape index (κ1) is 12.4. The van der Waals surface area contributed by atoms with Crippen LogP contribution >= 0.6 is 0 Å². The van der Waals surface area contributed by atoms with Crippen molar-refractivity contribution in [2.45, 2.75) is 39.2 Å². The zero-order valence-electron chi connectivity index (χ0n) is 10.2. The minimum Gasteiger partial charge on any atom is -0.466 e. The van der Waals surface area contributed by atoms with Gasteiger partial charge in [0.2, 0.25) is 0 Å². The molecule has 17 heavy (non-hydrogen) atoms. The zero-order chi connectivity index (χ0) is 12.4.